The molecule has 1 amide bonds. The molecule has 0 aliphatic carbocycles. The highest BCUT2D eigenvalue weighted by Crippen LogP contribution is 2.33. The lowest BCUT2D eigenvalue weighted by Gasteiger charge is -2.28. The fraction of sp³-hybridized carbons (Fsp3) is 0.333. The summed E-state index contributed by atoms with van der Waals surface area (Å²) in [5.74, 6) is -3.28. The van der Waals surface area contributed by atoms with Gasteiger partial charge in [-0.25, -0.2) is 13.8 Å². The number of nitrogens with zero attached hydrogens (tertiary/aromatic N) is 3. The molecule has 0 radical (unpaired) electrons. The zero-order chi connectivity index (χ0) is 29.9. The number of amides is 1. The number of rotatable bonds is 10. The Labute approximate surface area is 237 Å². The number of nitrogens with two attached hydrogens (primary N) is 1. The summed E-state index contributed by atoms with van der Waals surface area (Å²) in [4.78, 5) is 29.2. The molecule has 41 heavy (non-hydrogen) atoms. The number of ether oxygens (including phenoxy) is 1. The number of aryl methyl sites for hydroxylation is 1. The SMILES string of the molecule is CCn1ncc2cc(Nc3nc(N[C@H](c4cccc(F)c4)[C@H](C)CC(=O)OC(C)(C)C)c(F)cc3C(N)=O)ccc21. The lowest BCUT2D eigenvalue weighted by molar-refractivity contribution is -0.155. The van der Waals surface area contributed by atoms with Crippen molar-refractivity contribution in [3.05, 3.63) is 77.5 Å². The Morgan fingerprint density at radius 3 is 2.51 bits per heavy atom. The second-order valence-corrected chi connectivity index (χ2v) is 10.9. The first-order chi connectivity index (χ1) is 19.3. The maximum Gasteiger partial charge on any atom is 0.306 e. The zero-order valence-corrected chi connectivity index (χ0v) is 23.7. The first kappa shape index (κ1) is 29.4. The van der Waals surface area contributed by atoms with E-state index in [1.165, 1.54) is 18.2 Å². The number of hydrogen-bond donors (Lipinski definition) is 3. The summed E-state index contributed by atoms with van der Waals surface area (Å²) < 4.78 is 36.9. The van der Waals surface area contributed by atoms with Crippen LogP contribution in [0.1, 0.15) is 63.0 Å². The third-order valence-electron chi connectivity index (χ3n) is 6.42. The molecule has 4 rings (SSSR count). The molecule has 0 unspecified atom stereocenters. The summed E-state index contributed by atoms with van der Waals surface area (Å²) in [6.07, 6.45) is 1.70. The summed E-state index contributed by atoms with van der Waals surface area (Å²) in [7, 11) is 0. The van der Waals surface area contributed by atoms with Crippen LogP contribution in [-0.4, -0.2) is 32.2 Å². The Balaban J connectivity index is 1.69. The zero-order valence-electron chi connectivity index (χ0n) is 23.7. The third kappa shape index (κ3) is 7.16. The van der Waals surface area contributed by atoms with E-state index >= 15 is 4.39 Å². The molecule has 9 nitrogen and oxygen atoms in total. The predicted molar refractivity (Wildman–Crippen MR) is 154 cm³/mol. The van der Waals surface area contributed by atoms with Gasteiger partial charge in [-0.15, -0.1) is 0 Å². The maximum atomic E-state index is 15.3. The average Bonchev–Trinajstić information content (AvgIpc) is 3.29. The highest BCUT2D eigenvalue weighted by molar-refractivity contribution is 5.99. The van der Waals surface area contributed by atoms with E-state index in [-0.39, 0.29) is 23.6 Å². The van der Waals surface area contributed by atoms with E-state index in [4.69, 9.17) is 10.5 Å². The summed E-state index contributed by atoms with van der Waals surface area (Å²) in [6.45, 7) is 9.75. The predicted octanol–water partition coefficient (Wildman–Crippen LogP) is 6.09. The van der Waals surface area contributed by atoms with Crippen LogP contribution in [0.25, 0.3) is 10.9 Å². The van der Waals surface area contributed by atoms with E-state index < -0.39 is 41.1 Å². The van der Waals surface area contributed by atoms with Crippen LogP contribution < -0.4 is 16.4 Å². The molecular weight excluding hydrogens is 530 g/mol. The van der Waals surface area contributed by atoms with Gasteiger partial charge in [-0.2, -0.15) is 5.10 Å². The largest absolute Gasteiger partial charge is 0.460 e. The van der Waals surface area contributed by atoms with Crippen LogP contribution in [0.3, 0.4) is 0 Å². The van der Waals surface area contributed by atoms with Crippen molar-refractivity contribution < 1.29 is 23.1 Å². The number of aromatic nitrogens is 3. The molecule has 0 spiro atoms. The van der Waals surface area contributed by atoms with Crippen molar-refractivity contribution in [1.82, 2.24) is 14.8 Å². The molecular formula is C30H34F2N6O3. The minimum atomic E-state index is -0.870. The molecule has 11 heteroatoms. The third-order valence-corrected chi connectivity index (χ3v) is 6.42. The van der Waals surface area contributed by atoms with Gasteiger partial charge in [-0.3, -0.25) is 14.3 Å². The topological polar surface area (TPSA) is 124 Å². The van der Waals surface area contributed by atoms with Gasteiger partial charge >= 0.3 is 5.97 Å². The fourth-order valence-corrected chi connectivity index (χ4v) is 4.59. The van der Waals surface area contributed by atoms with Crippen LogP contribution in [0.2, 0.25) is 0 Å². The van der Waals surface area contributed by atoms with Crippen molar-refractivity contribution in [1.29, 1.82) is 0 Å². The number of esters is 1. The van der Waals surface area contributed by atoms with Crippen molar-refractivity contribution in [2.24, 2.45) is 11.7 Å². The van der Waals surface area contributed by atoms with Crippen molar-refractivity contribution in [3.8, 4) is 0 Å². The Morgan fingerprint density at radius 2 is 1.85 bits per heavy atom. The molecule has 2 atom stereocenters. The monoisotopic (exact) mass is 564 g/mol. The first-order valence-corrected chi connectivity index (χ1v) is 13.3. The van der Waals surface area contributed by atoms with Crippen LogP contribution in [0.15, 0.2) is 54.7 Å². The molecule has 2 aromatic heterocycles. The number of anilines is 3. The van der Waals surface area contributed by atoms with Crippen LogP contribution in [0.5, 0.6) is 0 Å². The van der Waals surface area contributed by atoms with Crippen molar-refractivity contribution in [3.63, 3.8) is 0 Å². The van der Waals surface area contributed by atoms with Crippen molar-refractivity contribution >= 4 is 40.1 Å². The Bertz CT molecular complexity index is 1580. The number of fused-ring (bicyclic) bond motifs is 1. The molecule has 0 bridgehead atoms. The smallest absolute Gasteiger partial charge is 0.306 e. The van der Waals surface area contributed by atoms with Crippen LogP contribution in [0.4, 0.5) is 26.1 Å². The average molecular weight is 565 g/mol. The first-order valence-electron chi connectivity index (χ1n) is 13.3. The lowest BCUT2D eigenvalue weighted by Crippen LogP contribution is -2.28. The number of primary amides is 1. The van der Waals surface area contributed by atoms with Gasteiger partial charge in [-0.1, -0.05) is 19.1 Å². The quantitative estimate of drug-likeness (QED) is 0.199. The Kier molecular flexibility index (Phi) is 8.55. The van der Waals surface area contributed by atoms with Gasteiger partial charge < -0.3 is 21.1 Å². The molecule has 2 aromatic carbocycles. The van der Waals surface area contributed by atoms with E-state index in [9.17, 15) is 14.0 Å². The number of nitrogens with one attached hydrogen (secondary N) is 2. The van der Waals surface area contributed by atoms with E-state index in [0.717, 1.165) is 17.0 Å². The van der Waals surface area contributed by atoms with Crippen LogP contribution in [0, 0.1) is 17.6 Å². The number of hydrogen-bond acceptors (Lipinski definition) is 7. The van der Waals surface area contributed by atoms with E-state index in [1.807, 2.05) is 23.7 Å². The normalized spacial score (nSPS) is 13.0. The molecule has 216 valence electrons. The minimum absolute atomic E-state index is 0.0248. The fourth-order valence-electron chi connectivity index (χ4n) is 4.59. The molecule has 4 N–H and O–H groups in total. The van der Waals surface area contributed by atoms with E-state index in [0.29, 0.717) is 17.8 Å². The van der Waals surface area contributed by atoms with Gasteiger partial charge in [0.1, 0.15) is 17.2 Å². The van der Waals surface area contributed by atoms with E-state index in [2.05, 4.69) is 20.7 Å². The standard InChI is InChI=1S/C30H34F2N6O3/c1-6-38-24-11-10-21(14-19(24)16-34-38)35-28-22(27(33)40)15-23(32)29(37-28)36-26(18-8-7-9-20(31)13-18)17(2)12-25(39)41-30(3,4)5/h7-11,13-17,26H,6,12H2,1-5H3,(H2,33,40)(H2,35,36,37)/t17-,26+/m1/s1. The second kappa shape index (κ2) is 11.9. The highest BCUT2D eigenvalue weighted by Gasteiger charge is 2.27. The minimum Gasteiger partial charge on any atom is -0.460 e. The summed E-state index contributed by atoms with van der Waals surface area (Å²) in [5.41, 5.74) is 6.71. The Hall–Kier alpha value is -4.54. The highest BCUT2D eigenvalue weighted by atomic mass is 19.1. The molecule has 2 heterocycles. The lowest BCUT2D eigenvalue weighted by atomic mass is 9.91. The molecule has 0 aliphatic rings. The van der Waals surface area contributed by atoms with Gasteiger partial charge in [0.25, 0.3) is 5.91 Å². The van der Waals surface area contributed by atoms with Gasteiger partial charge in [0.2, 0.25) is 0 Å². The second-order valence-electron chi connectivity index (χ2n) is 10.9. The van der Waals surface area contributed by atoms with Gasteiger partial charge in [-0.05, 0) is 75.6 Å². The number of halogens is 2. The van der Waals surface area contributed by atoms with Gasteiger partial charge in [0, 0.05) is 17.6 Å². The number of pyridine rings is 1. The van der Waals surface area contributed by atoms with Crippen molar-refractivity contribution in [2.45, 2.75) is 59.2 Å². The Morgan fingerprint density at radius 1 is 1.10 bits per heavy atom. The summed E-state index contributed by atoms with van der Waals surface area (Å²) >= 11 is 0. The molecule has 0 saturated carbocycles. The van der Waals surface area contributed by atoms with Gasteiger partial charge in [0.15, 0.2) is 11.6 Å². The molecule has 0 aliphatic heterocycles. The molecule has 4 aromatic rings. The molecule has 0 saturated heterocycles. The summed E-state index contributed by atoms with van der Waals surface area (Å²) in [5, 5.41) is 11.3. The maximum absolute atomic E-state index is 15.3. The summed E-state index contributed by atoms with van der Waals surface area (Å²) in [6, 6.07) is 11.6. The number of carbonyl (C=O) groups excluding carboxylic acids is 2. The van der Waals surface area contributed by atoms with Crippen molar-refractivity contribution in [2.75, 3.05) is 10.6 Å². The molecule has 0 fully saturated rings. The van der Waals surface area contributed by atoms with Crippen LogP contribution >= 0.6 is 0 Å². The number of carbonyl (C=O) groups is 2. The van der Waals surface area contributed by atoms with E-state index in [1.54, 1.807) is 46.0 Å². The number of benzene rings is 2. The van der Waals surface area contributed by atoms with Gasteiger partial charge in [0.05, 0.1) is 29.7 Å². The van der Waals surface area contributed by atoms with Crippen LogP contribution in [-0.2, 0) is 16.1 Å².